The van der Waals surface area contributed by atoms with E-state index in [1.807, 2.05) is 48.5 Å². The molecule has 1 aliphatic heterocycles. The third-order valence-electron chi connectivity index (χ3n) is 4.62. The minimum atomic E-state index is -0.871. The number of rotatable bonds is 6. The molecule has 1 saturated heterocycles. The van der Waals surface area contributed by atoms with Crippen molar-refractivity contribution >= 4 is 35.9 Å². The SMILES string of the molecule is Cl.O=C(CN1CCC[C@@H]1C(=O)O)NC(c1ccccc1)c1cccc(Cl)c1. The van der Waals surface area contributed by atoms with Gasteiger partial charge in [-0.25, -0.2) is 0 Å². The monoisotopic (exact) mass is 408 g/mol. The first kappa shape index (κ1) is 21.2. The fourth-order valence-corrected chi connectivity index (χ4v) is 3.58. The van der Waals surface area contributed by atoms with E-state index in [0.29, 0.717) is 18.0 Å². The van der Waals surface area contributed by atoms with Gasteiger partial charge < -0.3 is 10.4 Å². The highest BCUT2D eigenvalue weighted by molar-refractivity contribution is 6.30. The number of benzene rings is 2. The Morgan fingerprint density at radius 1 is 1.15 bits per heavy atom. The Hall–Kier alpha value is -2.08. The van der Waals surface area contributed by atoms with Crippen LogP contribution in [0, 0.1) is 0 Å². The van der Waals surface area contributed by atoms with Gasteiger partial charge in [-0.05, 0) is 42.6 Å². The molecule has 1 aliphatic rings. The normalized spacial score (nSPS) is 17.7. The minimum absolute atomic E-state index is 0. The zero-order chi connectivity index (χ0) is 18.5. The molecule has 144 valence electrons. The second kappa shape index (κ2) is 9.74. The van der Waals surface area contributed by atoms with Crippen molar-refractivity contribution in [2.24, 2.45) is 0 Å². The van der Waals surface area contributed by atoms with E-state index in [2.05, 4.69) is 5.32 Å². The van der Waals surface area contributed by atoms with Crippen LogP contribution in [-0.2, 0) is 9.59 Å². The molecular weight excluding hydrogens is 387 g/mol. The fourth-order valence-electron chi connectivity index (χ4n) is 3.38. The predicted octanol–water partition coefficient (Wildman–Crippen LogP) is 3.52. The lowest BCUT2D eigenvalue weighted by Crippen LogP contribution is -2.43. The first-order valence-electron chi connectivity index (χ1n) is 8.61. The van der Waals surface area contributed by atoms with E-state index < -0.39 is 12.0 Å². The molecule has 0 radical (unpaired) electrons. The molecule has 1 unspecified atom stereocenters. The molecule has 5 nitrogen and oxygen atoms in total. The molecule has 1 fully saturated rings. The van der Waals surface area contributed by atoms with Crippen molar-refractivity contribution in [3.8, 4) is 0 Å². The van der Waals surface area contributed by atoms with Crippen LogP contribution in [0.2, 0.25) is 5.02 Å². The van der Waals surface area contributed by atoms with Crippen LogP contribution in [0.5, 0.6) is 0 Å². The summed E-state index contributed by atoms with van der Waals surface area (Å²) in [5.41, 5.74) is 1.83. The lowest BCUT2D eigenvalue weighted by Gasteiger charge is -2.24. The van der Waals surface area contributed by atoms with E-state index in [0.717, 1.165) is 17.5 Å². The number of carbonyl (C=O) groups is 2. The molecule has 2 aromatic carbocycles. The van der Waals surface area contributed by atoms with Crippen molar-refractivity contribution in [2.45, 2.75) is 24.9 Å². The highest BCUT2D eigenvalue weighted by Gasteiger charge is 2.32. The summed E-state index contributed by atoms with van der Waals surface area (Å²) in [5, 5.41) is 12.9. The Morgan fingerprint density at radius 3 is 2.52 bits per heavy atom. The maximum absolute atomic E-state index is 12.6. The summed E-state index contributed by atoms with van der Waals surface area (Å²) in [5.74, 6) is -1.07. The second-order valence-corrected chi connectivity index (χ2v) is 6.87. The number of likely N-dealkylation sites (tertiary alicyclic amines) is 1. The van der Waals surface area contributed by atoms with Crippen molar-refractivity contribution in [3.05, 3.63) is 70.7 Å². The number of carbonyl (C=O) groups excluding carboxylic acids is 1. The van der Waals surface area contributed by atoms with Gasteiger partial charge in [0, 0.05) is 5.02 Å². The Bertz CT molecular complexity index is 786. The summed E-state index contributed by atoms with van der Waals surface area (Å²) < 4.78 is 0. The molecule has 0 saturated carbocycles. The van der Waals surface area contributed by atoms with Crippen LogP contribution in [-0.4, -0.2) is 41.0 Å². The molecule has 0 aliphatic carbocycles. The third-order valence-corrected chi connectivity index (χ3v) is 4.85. The van der Waals surface area contributed by atoms with Crippen LogP contribution in [0.25, 0.3) is 0 Å². The van der Waals surface area contributed by atoms with Gasteiger partial charge in [0.2, 0.25) is 5.91 Å². The van der Waals surface area contributed by atoms with Crippen LogP contribution in [0.15, 0.2) is 54.6 Å². The van der Waals surface area contributed by atoms with Crippen molar-refractivity contribution in [2.75, 3.05) is 13.1 Å². The highest BCUT2D eigenvalue weighted by Crippen LogP contribution is 2.25. The maximum atomic E-state index is 12.6. The number of hydrogen-bond acceptors (Lipinski definition) is 3. The van der Waals surface area contributed by atoms with E-state index in [1.54, 1.807) is 11.0 Å². The Kier molecular flexibility index (Phi) is 7.66. The number of nitrogens with zero attached hydrogens (tertiary/aromatic N) is 1. The van der Waals surface area contributed by atoms with Gasteiger partial charge in [-0.2, -0.15) is 0 Å². The molecule has 1 heterocycles. The molecule has 0 aromatic heterocycles. The van der Waals surface area contributed by atoms with Gasteiger partial charge in [0.25, 0.3) is 0 Å². The molecule has 2 N–H and O–H groups in total. The average Bonchev–Trinajstić information content (AvgIpc) is 3.09. The fraction of sp³-hybridized carbons (Fsp3) is 0.300. The van der Waals surface area contributed by atoms with Gasteiger partial charge >= 0.3 is 5.97 Å². The molecule has 3 rings (SSSR count). The first-order valence-corrected chi connectivity index (χ1v) is 8.99. The van der Waals surface area contributed by atoms with E-state index in [9.17, 15) is 14.7 Å². The van der Waals surface area contributed by atoms with Gasteiger partial charge in [0.1, 0.15) is 6.04 Å². The standard InChI is InChI=1S/C20H21ClN2O3.ClH/c21-16-9-4-8-15(12-16)19(14-6-2-1-3-7-14)22-18(24)13-23-11-5-10-17(23)20(25)26;/h1-4,6-9,12,17,19H,5,10-11,13H2,(H,22,24)(H,25,26);1H/t17-,19?;/m1./s1. The maximum Gasteiger partial charge on any atom is 0.320 e. The number of hydrogen-bond donors (Lipinski definition) is 2. The van der Waals surface area contributed by atoms with Gasteiger partial charge in [0.15, 0.2) is 0 Å². The van der Waals surface area contributed by atoms with Gasteiger partial charge in [-0.1, -0.05) is 54.1 Å². The zero-order valence-electron chi connectivity index (χ0n) is 14.7. The van der Waals surface area contributed by atoms with Crippen molar-refractivity contribution in [1.82, 2.24) is 10.2 Å². The number of nitrogens with one attached hydrogen (secondary N) is 1. The summed E-state index contributed by atoms with van der Waals surface area (Å²) in [4.78, 5) is 25.7. The van der Waals surface area contributed by atoms with E-state index in [4.69, 9.17) is 11.6 Å². The van der Waals surface area contributed by atoms with Crippen molar-refractivity contribution < 1.29 is 14.7 Å². The van der Waals surface area contributed by atoms with Gasteiger partial charge in [0.05, 0.1) is 12.6 Å². The van der Waals surface area contributed by atoms with Crippen LogP contribution in [0.3, 0.4) is 0 Å². The largest absolute Gasteiger partial charge is 0.480 e. The van der Waals surface area contributed by atoms with E-state index in [1.165, 1.54) is 0 Å². The number of carboxylic acids is 1. The zero-order valence-corrected chi connectivity index (χ0v) is 16.2. The predicted molar refractivity (Wildman–Crippen MR) is 107 cm³/mol. The molecule has 27 heavy (non-hydrogen) atoms. The number of carboxylic acid groups (broad SMARTS) is 1. The second-order valence-electron chi connectivity index (χ2n) is 6.43. The highest BCUT2D eigenvalue weighted by atomic mass is 35.5. The lowest BCUT2D eigenvalue weighted by atomic mass is 9.98. The van der Waals surface area contributed by atoms with Crippen LogP contribution < -0.4 is 5.32 Å². The molecule has 1 amide bonds. The van der Waals surface area contributed by atoms with Crippen molar-refractivity contribution in [1.29, 1.82) is 0 Å². The Morgan fingerprint density at radius 2 is 1.85 bits per heavy atom. The first-order chi connectivity index (χ1) is 12.5. The lowest BCUT2D eigenvalue weighted by molar-refractivity contribution is -0.142. The summed E-state index contributed by atoms with van der Waals surface area (Å²) in [6.45, 7) is 0.693. The van der Waals surface area contributed by atoms with Crippen LogP contribution in [0.4, 0.5) is 0 Å². The molecule has 2 atom stereocenters. The van der Waals surface area contributed by atoms with Crippen LogP contribution >= 0.6 is 24.0 Å². The van der Waals surface area contributed by atoms with Crippen LogP contribution in [0.1, 0.15) is 30.0 Å². The number of amides is 1. The smallest absolute Gasteiger partial charge is 0.320 e. The summed E-state index contributed by atoms with van der Waals surface area (Å²) in [6, 6.07) is 16.1. The molecule has 7 heteroatoms. The Labute approximate surface area is 169 Å². The van der Waals surface area contributed by atoms with Gasteiger partial charge in [-0.15, -0.1) is 12.4 Å². The van der Waals surface area contributed by atoms with Gasteiger partial charge in [-0.3, -0.25) is 14.5 Å². The molecule has 2 aromatic rings. The van der Waals surface area contributed by atoms with E-state index in [-0.39, 0.29) is 30.9 Å². The van der Waals surface area contributed by atoms with Crippen molar-refractivity contribution in [3.63, 3.8) is 0 Å². The Balaban J connectivity index is 0.00000261. The quantitative estimate of drug-likeness (QED) is 0.766. The molecule has 0 bridgehead atoms. The average molecular weight is 409 g/mol. The number of halogens is 2. The molecular formula is C20H22Cl2N2O3. The summed E-state index contributed by atoms with van der Waals surface area (Å²) in [7, 11) is 0. The third kappa shape index (κ3) is 5.45. The minimum Gasteiger partial charge on any atom is -0.480 e. The summed E-state index contributed by atoms with van der Waals surface area (Å²) in [6.07, 6.45) is 1.37. The molecule has 0 spiro atoms. The summed E-state index contributed by atoms with van der Waals surface area (Å²) >= 11 is 6.12. The number of aliphatic carboxylic acids is 1. The van der Waals surface area contributed by atoms with E-state index >= 15 is 0 Å². The topological polar surface area (TPSA) is 69.6 Å².